The molecule has 2 saturated carbocycles. The van der Waals surface area contributed by atoms with Gasteiger partial charge in [-0.15, -0.1) is 0 Å². The zero-order valence-corrected chi connectivity index (χ0v) is 13.4. The predicted octanol–water partition coefficient (Wildman–Crippen LogP) is 5.09. The lowest BCUT2D eigenvalue weighted by Gasteiger charge is -2.32. The van der Waals surface area contributed by atoms with Crippen molar-refractivity contribution in [1.29, 1.82) is 0 Å². The largest absolute Gasteiger partial charge is 0.314 e. The van der Waals surface area contributed by atoms with Crippen LogP contribution in [0.25, 0.3) is 0 Å². The molecule has 0 spiro atoms. The first-order valence-electron chi connectivity index (χ1n) is 7.89. The van der Waals surface area contributed by atoms with Crippen LogP contribution in [-0.4, -0.2) is 12.6 Å². The van der Waals surface area contributed by atoms with Gasteiger partial charge in [-0.1, -0.05) is 42.1 Å². The summed E-state index contributed by atoms with van der Waals surface area (Å²) in [5.41, 5.74) is 1.26. The Morgan fingerprint density at radius 3 is 2.45 bits per heavy atom. The van der Waals surface area contributed by atoms with Crippen LogP contribution >= 0.6 is 23.2 Å². The Hall–Kier alpha value is -0.240. The number of benzene rings is 1. The highest BCUT2D eigenvalue weighted by molar-refractivity contribution is 6.35. The number of halogens is 2. The fraction of sp³-hybridized carbons (Fsp3) is 0.647. The number of hydrogen-bond acceptors (Lipinski definition) is 1. The highest BCUT2D eigenvalue weighted by Crippen LogP contribution is 2.35. The molecule has 0 bridgehead atoms. The highest BCUT2D eigenvalue weighted by atomic mass is 35.5. The number of nitrogens with one attached hydrogen (secondary N) is 1. The summed E-state index contributed by atoms with van der Waals surface area (Å²) in [7, 11) is 0. The minimum atomic E-state index is 0.731. The van der Waals surface area contributed by atoms with Crippen LogP contribution in [0.3, 0.4) is 0 Å². The van der Waals surface area contributed by atoms with E-state index in [9.17, 15) is 0 Å². The topological polar surface area (TPSA) is 12.0 Å². The van der Waals surface area contributed by atoms with Gasteiger partial charge in [-0.2, -0.15) is 0 Å². The fourth-order valence-corrected chi connectivity index (χ4v) is 3.88. The summed E-state index contributed by atoms with van der Waals surface area (Å²) in [5.74, 6) is 1.59. The zero-order chi connectivity index (χ0) is 13.9. The molecular formula is C17H23Cl2N. The molecular weight excluding hydrogens is 289 g/mol. The molecule has 0 aliphatic heterocycles. The Bertz CT molecular complexity index is 456. The molecule has 2 atom stereocenters. The van der Waals surface area contributed by atoms with Crippen LogP contribution in [0.4, 0.5) is 0 Å². The van der Waals surface area contributed by atoms with Crippen LogP contribution in [0.1, 0.15) is 44.1 Å². The van der Waals surface area contributed by atoms with E-state index in [0.717, 1.165) is 34.3 Å². The summed E-state index contributed by atoms with van der Waals surface area (Å²) in [6.07, 6.45) is 9.33. The van der Waals surface area contributed by atoms with Crippen molar-refractivity contribution < 1.29 is 0 Å². The second-order valence-corrected chi connectivity index (χ2v) is 7.27. The minimum absolute atomic E-state index is 0.731. The van der Waals surface area contributed by atoms with E-state index >= 15 is 0 Å². The van der Waals surface area contributed by atoms with Crippen LogP contribution in [0.15, 0.2) is 18.2 Å². The van der Waals surface area contributed by atoms with E-state index in [0.29, 0.717) is 0 Å². The standard InChI is InChI=1S/C17H23Cl2N/c18-15-6-5-13(17(19)10-15)9-12-3-1-2-4-14(12)11-20-16-7-8-16/h5-6,10,12,14,16,20H,1-4,7-9,11H2. The van der Waals surface area contributed by atoms with Gasteiger partial charge in [0.1, 0.15) is 0 Å². The lowest BCUT2D eigenvalue weighted by atomic mass is 9.76. The summed E-state index contributed by atoms with van der Waals surface area (Å²) in [4.78, 5) is 0. The van der Waals surface area contributed by atoms with Crippen molar-refractivity contribution in [2.24, 2.45) is 11.8 Å². The van der Waals surface area contributed by atoms with E-state index in [-0.39, 0.29) is 0 Å². The van der Waals surface area contributed by atoms with E-state index in [4.69, 9.17) is 23.2 Å². The second kappa shape index (κ2) is 6.68. The average molecular weight is 312 g/mol. The van der Waals surface area contributed by atoms with Crippen molar-refractivity contribution in [3.8, 4) is 0 Å². The van der Waals surface area contributed by atoms with E-state index < -0.39 is 0 Å². The van der Waals surface area contributed by atoms with Crippen LogP contribution < -0.4 is 5.32 Å². The van der Waals surface area contributed by atoms with Crippen LogP contribution in [0.2, 0.25) is 10.0 Å². The second-order valence-electron chi connectivity index (χ2n) is 6.43. The molecule has 2 aliphatic carbocycles. The molecule has 0 amide bonds. The van der Waals surface area contributed by atoms with Crippen LogP contribution in [0.5, 0.6) is 0 Å². The molecule has 2 unspecified atom stereocenters. The summed E-state index contributed by atoms with van der Waals surface area (Å²) in [6.45, 7) is 1.19. The molecule has 110 valence electrons. The van der Waals surface area contributed by atoms with Gasteiger partial charge in [0.25, 0.3) is 0 Å². The summed E-state index contributed by atoms with van der Waals surface area (Å²) in [5, 5.41) is 5.27. The Morgan fingerprint density at radius 2 is 1.75 bits per heavy atom. The van der Waals surface area contributed by atoms with Crippen molar-refractivity contribution in [3.63, 3.8) is 0 Å². The molecule has 2 fully saturated rings. The van der Waals surface area contributed by atoms with E-state index in [1.165, 1.54) is 50.6 Å². The van der Waals surface area contributed by atoms with Crippen molar-refractivity contribution in [2.45, 2.75) is 51.0 Å². The van der Waals surface area contributed by atoms with Crippen molar-refractivity contribution in [2.75, 3.05) is 6.54 Å². The average Bonchev–Trinajstić information content (AvgIpc) is 3.25. The molecule has 3 rings (SSSR count). The fourth-order valence-electron chi connectivity index (χ4n) is 3.40. The third-order valence-corrected chi connectivity index (χ3v) is 5.40. The molecule has 20 heavy (non-hydrogen) atoms. The first kappa shape index (κ1) is 14.7. The highest BCUT2D eigenvalue weighted by Gasteiger charge is 2.28. The summed E-state index contributed by atoms with van der Waals surface area (Å²) < 4.78 is 0. The maximum absolute atomic E-state index is 6.33. The van der Waals surface area contributed by atoms with Gasteiger partial charge in [-0.25, -0.2) is 0 Å². The van der Waals surface area contributed by atoms with E-state index in [1.54, 1.807) is 0 Å². The first-order chi connectivity index (χ1) is 9.72. The molecule has 1 N–H and O–H groups in total. The Labute approximate surface area is 132 Å². The Balaban J connectivity index is 1.62. The summed E-state index contributed by atoms with van der Waals surface area (Å²) in [6, 6.07) is 6.75. The van der Waals surface area contributed by atoms with Gasteiger partial charge >= 0.3 is 0 Å². The van der Waals surface area contributed by atoms with Crippen molar-refractivity contribution in [1.82, 2.24) is 5.32 Å². The van der Waals surface area contributed by atoms with Gasteiger partial charge < -0.3 is 5.32 Å². The quantitative estimate of drug-likeness (QED) is 0.798. The van der Waals surface area contributed by atoms with Gasteiger partial charge in [-0.05, 0) is 68.2 Å². The molecule has 1 aromatic carbocycles. The summed E-state index contributed by atoms with van der Waals surface area (Å²) >= 11 is 12.3. The third-order valence-electron chi connectivity index (χ3n) is 4.81. The van der Waals surface area contributed by atoms with Crippen molar-refractivity contribution in [3.05, 3.63) is 33.8 Å². The van der Waals surface area contributed by atoms with Crippen LogP contribution in [0, 0.1) is 11.8 Å². The van der Waals surface area contributed by atoms with Gasteiger partial charge in [0.05, 0.1) is 0 Å². The lowest BCUT2D eigenvalue weighted by Crippen LogP contribution is -2.32. The molecule has 1 aromatic rings. The third kappa shape index (κ3) is 3.90. The maximum Gasteiger partial charge on any atom is 0.0452 e. The predicted molar refractivity (Wildman–Crippen MR) is 86.6 cm³/mol. The van der Waals surface area contributed by atoms with Gasteiger partial charge in [0.2, 0.25) is 0 Å². The van der Waals surface area contributed by atoms with Gasteiger partial charge in [0, 0.05) is 16.1 Å². The Morgan fingerprint density at radius 1 is 1.00 bits per heavy atom. The number of rotatable bonds is 5. The molecule has 0 aromatic heterocycles. The monoisotopic (exact) mass is 311 g/mol. The molecule has 0 radical (unpaired) electrons. The molecule has 0 heterocycles. The molecule has 3 heteroatoms. The zero-order valence-electron chi connectivity index (χ0n) is 11.9. The lowest BCUT2D eigenvalue weighted by molar-refractivity contribution is 0.228. The Kier molecular flexibility index (Phi) is 4.91. The molecule has 0 saturated heterocycles. The first-order valence-corrected chi connectivity index (χ1v) is 8.65. The maximum atomic E-state index is 6.33. The van der Waals surface area contributed by atoms with Gasteiger partial charge in [0.15, 0.2) is 0 Å². The normalized spacial score (nSPS) is 26.7. The van der Waals surface area contributed by atoms with Crippen LogP contribution in [-0.2, 0) is 6.42 Å². The molecule has 1 nitrogen and oxygen atoms in total. The van der Waals surface area contributed by atoms with Gasteiger partial charge in [-0.3, -0.25) is 0 Å². The molecule has 2 aliphatic rings. The van der Waals surface area contributed by atoms with E-state index in [1.807, 2.05) is 12.1 Å². The number of hydrogen-bond donors (Lipinski definition) is 1. The van der Waals surface area contributed by atoms with Crippen molar-refractivity contribution >= 4 is 23.2 Å². The smallest absolute Gasteiger partial charge is 0.0452 e. The van der Waals surface area contributed by atoms with E-state index in [2.05, 4.69) is 11.4 Å². The SMILES string of the molecule is Clc1ccc(CC2CCCCC2CNC2CC2)c(Cl)c1. The minimum Gasteiger partial charge on any atom is -0.314 e.